The van der Waals surface area contributed by atoms with Crippen molar-refractivity contribution in [1.82, 2.24) is 14.7 Å². The van der Waals surface area contributed by atoms with Crippen LogP contribution in [0.15, 0.2) is 67.0 Å². The summed E-state index contributed by atoms with van der Waals surface area (Å²) in [7, 11) is 0. The van der Waals surface area contributed by atoms with Crippen LogP contribution in [0.1, 0.15) is 66.6 Å². The number of imidazole rings is 1. The van der Waals surface area contributed by atoms with E-state index in [1.807, 2.05) is 29.7 Å². The Morgan fingerprint density at radius 3 is 2.49 bits per heavy atom. The van der Waals surface area contributed by atoms with Gasteiger partial charge in [0.25, 0.3) is 5.91 Å². The van der Waals surface area contributed by atoms with Crippen LogP contribution in [-0.4, -0.2) is 27.9 Å². The van der Waals surface area contributed by atoms with Gasteiger partial charge in [-0.25, -0.2) is 9.37 Å². The lowest BCUT2D eigenvalue weighted by Crippen LogP contribution is -2.23. The van der Waals surface area contributed by atoms with Gasteiger partial charge in [0.1, 0.15) is 17.2 Å². The fourth-order valence-electron chi connectivity index (χ4n) is 5.34. The van der Waals surface area contributed by atoms with Gasteiger partial charge in [-0.2, -0.15) is 0 Å². The van der Waals surface area contributed by atoms with Crippen molar-refractivity contribution in [2.75, 3.05) is 6.61 Å². The molecular formula is C31H31ClFN3O3. The predicted octanol–water partition coefficient (Wildman–Crippen LogP) is 6.95. The van der Waals surface area contributed by atoms with Crippen molar-refractivity contribution in [2.24, 2.45) is 5.92 Å². The number of benzene rings is 2. The standard InChI is InChI=1S/C31H31ClFN3O3/c1-2-39-30(37)16-20-6-8-21(9-7-20)22-10-12-23(13-11-22)24-14-15-29-35-28(19-36(29)18-24)31(38)34-17-25-26(32)4-3-5-27(25)33/h3-5,10-15,18-21H,2,6-9,16-17H2,1H3,(H,34,38). The minimum atomic E-state index is -0.463. The van der Waals surface area contributed by atoms with Gasteiger partial charge in [-0.15, -0.1) is 0 Å². The van der Waals surface area contributed by atoms with Crippen LogP contribution >= 0.6 is 11.6 Å². The Balaban J connectivity index is 1.22. The van der Waals surface area contributed by atoms with E-state index in [1.54, 1.807) is 12.3 Å². The molecule has 0 aliphatic heterocycles. The summed E-state index contributed by atoms with van der Waals surface area (Å²) in [5.41, 5.74) is 4.54. The number of halogens is 2. The molecule has 5 rings (SSSR count). The molecule has 0 saturated heterocycles. The molecule has 6 nitrogen and oxygen atoms in total. The van der Waals surface area contributed by atoms with E-state index in [1.165, 1.54) is 17.7 Å². The van der Waals surface area contributed by atoms with Crippen molar-refractivity contribution in [2.45, 2.75) is 51.5 Å². The maximum Gasteiger partial charge on any atom is 0.306 e. The Labute approximate surface area is 232 Å². The van der Waals surface area contributed by atoms with Gasteiger partial charge in [-0.05, 0) is 85.4 Å². The number of pyridine rings is 1. The normalized spacial score (nSPS) is 17.2. The highest BCUT2D eigenvalue weighted by Gasteiger charge is 2.24. The third-order valence-electron chi connectivity index (χ3n) is 7.49. The molecule has 1 N–H and O–H groups in total. The number of rotatable bonds is 8. The van der Waals surface area contributed by atoms with Crippen LogP contribution in [0.5, 0.6) is 0 Å². The summed E-state index contributed by atoms with van der Waals surface area (Å²) in [6, 6.07) is 16.9. The molecule has 1 amide bonds. The van der Waals surface area contributed by atoms with Gasteiger partial charge in [-0.1, -0.05) is 41.9 Å². The van der Waals surface area contributed by atoms with Gasteiger partial charge >= 0.3 is 5.97 Å². The summed E-state index contributed by atoms with van der Waals surface area (Å²) >= 11 is 6.06. The first-order valence-corrected chi connectivity index (χ1v) is 13.7. The number of esters is 1. The van der Waals surface area contributed by atoms with E-state index in [-0.39, 0.29) is 28.8 Å². The molecule has 2 heterocycles. The smallest absolute Gasteiger partial charge is 0.306 e. The molecule has 0 radical (unpaired) electrons. The first kappa shape index (κ1) is 26.9. The van der Waals surface area contributed by atoms with E-state index in [0.717, 1.165) is 36.8 Å². The van der Waals surface area contributed by atoms with Crippen LogP contribution < -0.4 is 5.32 Å². The van der Waals surface area contributed by atoms with E-state index in [2.05, 4.69) is 34.6 Å². The second kappa shape index (κ2) is 12.0. The Morgan fingerprint density at radius 1 is 1.03 bits per heavy atom. The Bertz CT molecular complexity index is 1460. The molecule has 1 aliphatic carbocycles. The number of nitrogens with one attached hydrogen (secondary N) is 1. The Hall–Kier alpha value is -3.71. The van der Waals surface area contributed by atoms with E-state index < -0.39 is 11.7 Å². The summed E-state index contributed by atoms with van der Waals surface area (Å²) in [6.45, 7) is 2.26. The lowest BCUT2D eigenvalue weighted by Gasteiger charge is -2.28. The highest BCUT2D eigenvalue weighted by molar-refractivity contribution is 6.31. The molecule has 0 bridgehead atoms. The maximum absolute atomic E-state index is 14.0. The monoisotopic (exact) mass is 547 g/mol. The molecule has 1 aliphatic rings. The fraction of sp³-hybridized carbons (Fsp3) is 0.323. The van der Waals surface area contributed by atoms with Gasteiger partial charge in [0, 0.05) is 35.9 Å². The number of carbonyl (C=O) groups excluding carboxylic acids is 2. The van der Waals surface area contributed by atoms with Crippen LogP contribution in [0.3, 0.4) is 0 Å². The van der Waals surface area contributed by atoms with Crippen molar-refractivity contribution >= 4 is 29.1 Å². The SMILES string of the molecule is CCOC(=O)CC1CCC(c2ccc(-c3ccc4nc(C(=O)NCc5c(F)cccc5Cl)cn4c3)cc2)CC1. The van der Waals surface area contributed by atoms with Gasteiger partial charge in [0.2, 0.25) is 0 Å². The quantitative estimate of drug-likeness (QED) is 0.242. The van der Waals surface area contributed by atoms with Crippen LogP contribution in [0, 0.1) is 11.7 Å². The van der Waals surface area contributed by atoms with Gasteiger partial charge in [0.05, 0.1) is 6.61 Å². The summed E-state index contributed by atoms with van der Waals surface area (Å²) in [5.74, 6) is -0.0175. The lowest BCUT2D eigenvalue weighted by atomic mass is 9.77. The molecule has 0 atom stereocenters. The number of carbonyl (C=O) groups is 2. The van der Waals surface area contributed by atoms with E-state index in [9.17, 15) is 14.0 Å². The van der Waals surface area contributed by atoms with Crippen LogP contribution in [-0.2, 0) is 16.1 Å². The topological polar surface area (TPSA) is 72.7 Å². The largest absolute Gasteiger partial charge is 0.466 e. The van der Waals surface area contributed by atoms with E-state index in [0.29, 0.717) is 30.5 Å². The first-order valence-electron chi connectivity index (χ1n) is 13.4. The summed E-state index contributed by atoms with van der Waals surface area (Å²) in [6.07, 6.45) is 8.40. The lowest BCUT2D eigenvalue weighted by molar-refractivity contribution is -0.144. The molecule has 0 spiro atoms. The molecule has 0 unspecified atom stereocenters. The van der Waals surface area contributed by atoms with E-state index in [4.69, 9.17) is 16.3 Å². The predicted molar refractivity (Wildman–Crippen MR) is 149 cm³/mol. The third-order valence-corrected chi connectivity index (χ3v) is 7.85. The Kier molecular flexibility index (Phi) is 8.27. The number of nitrogens with zero attached hydrogens (tertiary/aromatic N) is 2. The average Bonchev–Trinajstić information content (AvgIpc) is 3.37. The maximum atomic E-state index is 14.0. The molecule has 2 aromatic carbocycles. The summed E-state index contributed by atoms with van der Waals surface area (Å²) in [4.78, 5) is 28.9. The number of ether oxygens (including phenoxy) is 1. The van der Waals surface area contributed by atoms with Crippen LogP contribution in [0.2, 0.25) is 5.02 Å². The minimum Gasteiger partial charge on any atom is -0.466 e. The number of aromatic nitrogens is 2. The molecular weight excluding hydrogens is 517 g/mol. The van der Waals surface area contributed by atoms with Crippen molar-refractivity contribution in [3.63, 3.8) is 0 Å². The zero-order valence-corrected chi connectivity index (χ0v) is 22.6. The fourth-order valence-corrected chi connectivity index (χ4v) is 5.57. The summed E-state index contributed by atoms with van der Waals surface area (Å²) in [5, 5.41) is 2.96. The molecule has 8 heteroatoms. The molecule has 39 heavy (non-hydrogen) atoms. The van der Waals surface area contributed by atoms with Crippen molar-refractivity contribution in [3.05, 3.63) is 94.7 Å². The first-order chi connectivity index (χ1) is 18.9. The molecule has 1 fully saturated rings. The van der Waals surface area contributed by atoms with Crippen LogP contribution in [0.25, 0.3) is 16.8 Å². The van der Waals surface area contributed by atoms with Crippen molar-refractivity contribution in [3.8, 4) is 11.1 Å². The minimum absolute atomic E-state index is 0.0249. The number of hydrogen-bond acceptors (Lipinski definition) is 4. The average molecular weight is 548 g/mol. The Morgan fingerprint density at radius 2 is 1.77 bits per heavy atom. The van der Waals surface area contributed by atoms with Gasteiger partial charge in [-0.3, -0.25) is 9.59 Å². The van der Waals surface area contributed by atoms with Gasteiger partial charge in [0.15, 0.2) is 0 Å². The number of amides is 1. The highest BCUT2D eigenvalue weighted by Crippen LogP contribution is 2.37. The third kappa shape index (κ3) is 6.31. The summed E-state index contributed by atoms with van der Waals surface area (Å²) < 4.78 is 20.9. The second-order valence-corrected chi connectivity index (χ2v) is 10.4. The highest BCUT2D eigenvalue weighted by atomic mass is 35.5. The van der Waals surface area contributed by atoms with Gasteiger partial charge < -0.3 is 14.5 Å². The van der Waals surface area contributed by atoms with Crippen LogP contribution in [0.4, 0.5) is 4.39 Å². The van der Waals surface area contributed by atoms with Crippen molar-refractivity contribution < 1.29 is 18.7 Å². The molecule has 2 aromatic heterocycles. The second-order valence-electron chi connectivity index (χ2n) is 10.0. The molecule has 4 aromatic rings. The number of hydrogen-bond donors (Lipinski definition) is 1. The van der Waals surface area contributed by atoms with Crippen molar-refractivity contribution in [1.29, 1.82) is 0 Å². The zero-order chi connectivity index (χ0) is 27.4. The zero-order valence-electron chi connectivity index (χ0n) is 21.8. The molecule has 202 valence electrons. The molecule has 1 saturated carbocycles. The van der Waals surface area contributed by atoms with E-state index >= 15 is 0 Å². The number of fused-ring (bicyclic) bond motifs is 1.